The molecule has 1 aliphatic carbocycles. The van der Waals surface area contributed by atoms with Crippen molar-refractivity contribution in [2.75, 3.05) is 46.1 Å². The van der Waals surface area contributed by atoms with Gasteiger partial charge in [0, 0.05) is 35.7 Å². The molecule has 4 N–H and O–H groups in total. The van der Waals surface area contributed by atoms with Gasteiger partial charge in [0.1, 0.15) is 30.8 Å². The molecule has 2 atom stereocenters. The number of likely N-dealkylation sites (tertiary alicyclic amines) is 1. The van der Waals surface area contributed by atoms with Crippen molar-refractivity contribution >= 4 is 34.3 Å². The Bertz CT molecular complexity index is 1440. The maximum Gasteiger partial charge on any atom is 0.254 e. The predicted molar refractivity (Wildman–Crippen MR) is 161 cm³/mol. The number of amides is 1. The number of hydroxylamine groups is 2. The number of thioether (sulfide) groups is 1. The van der Waals surface area contributed by atoms with E-state index in [0.29, 0.717) is 17.9 Å². The molecular formula is C30H38N6O4S. The van der Waals surface area contributed by atoms with Crippen molar-refractivity contribution < 1.29 is 19.7 Å². The number of aromatic amines is 1. The number of carbonyl (C=O) groups is 1. The lowest BCUT2D eigenvalue weighted by Crippen LogP contribution is -3.02. The van der Waals surface area contributed by atoms with Gasteiger partial charge in [-0.05, 0) is 75.8 Å². The zero-order chi connectivity index (χ0) is 28.5. The maximum absolute atomic E-state index is 13.3. The fraction of sp³-hybridized carbons (Fsp3) is 0.467. The van der Waals surface area contributed by atoms with Gasteiger partial charge in [-0.1, -0.05) is 6.08 Å². The lowest BCUT2D eigenvalue weighted by molar-refractivity contribution is -0.782. The first-order valence-electron chi connectivity index (χ1n) is 14.4. The molecule has 1 aromatic heterocycles. The third-order valence-electron chi connectivity index (χ3n) is 8.31. The highest BCUT2D eigenvalue weighted by Crippen LogP contribution is 2.32. The van der Waals surface area contributed by atoms with E-state index in [1.165, 1.54) is 0 Å². The van der Waals surface area contributed by atoms with Gasteiger partial charge in [-0.15, -0.1) is 11.8 Å². The summed E-state index contributed by atoms with van der Waals surface area (Å²) in [6.07, 6.45) is 12.7. The quantitative estimate of drug-likeness (QED) is 0.334. The third-order valence-corrected chi connectivity index (χ3v) is 9.12. The number of piperidine rings is 1. The summed E-state index contributed by atoms with van der Waals surface area (Å²) in [6.45, 7) is 3.26. The number of allylic oxidation sites excluding steroid dienone is 3. The van der Waals surface area contributed by atoms with Crippen molar-refractivity contribution in [1.82, 2.24) is 25.1 Å². The van der Waals surface area contributed by atoms with E-state index in [1.807, 2.05) is 23.3 Å². The number of nitrogens with one attached hydrogen (secondary N) is 3. The molecule has 1 aromatic carbocycles. The molecule has 1 amide bonds. The van der Waals surface area contributed by atoms with Gasteiger partial charge in [-0.25, -0.2) is 4.98 Å². The molecule has 3 aliphatic heterocycles. The zero-order valence-corrected chi connectivity index (χ0v) is 24.4. The average molecular weight is 579 g/mol. The average Bonchev–Trinajstić information content (AvgIpc) is 3.54. The van der Waals surface area contributed by atoms with Crippen LogP contribution >= 0.6 is 11.8 Å². The smallest absolute Gasteiger partial charge is 0.254 e. The van der Waals surface area contributed by atoms with Crippen LogP contribution in [0.3, 0.4) is 0 Å². The number of aromatic nitrogens is 2. The van der Waals surface area contributed by atoms with Crippen molar-refractivity contribution in [2.24, 2.45) is 0 Å². The van der Waals surface area contributed by atoms with Crippen molar-refractivity contribution in [2.45, 2.75) is 44.4 Å². The van der Waals surface area contributed by atoms with Crippen LogP contribution in [0.15, 0.2) is 52.9 Å². The number of carbonyl (C=O) groups excluding carboxylic acids is 1. The Labute approximate surface area is 244 Å². The SMILES string of the molecule is CSC1=CCCC=C1OC[C@H](O)CNC1=C(c2nc3cc4c(cc3[nH]2)CN(C2CCN(C)CC2)C4=O)C[NH+]([O-])C=C1. The lowest BCUT2D eigenvalue weighted by atomic mass is 10.0. The second kappa shape index (κ2) is 12.0. The zero-order valence-electron chi connectivity index (χ0n) is 23.6. The fourth-order valence-corrected chi connectivity index (χ4v) is 6.61. The molecule has 1 saturated heterocycles. The largest absolute Gasteiger partial charge is 0.629 e. The van der Waals surface area contributed by atoms with Gasteiger partial charge in [0.2, 0.25) is 0 Å². The highest BCUT2D eigenvalue weighted by molar-refractivity contribution is 8.02. The Morgan fingerprint density at radius 3 is 2.90 bits per heavy atom. The first-order valence-corrected chi connectivity index (χ1v) is 15.6. The number of aliphatic hydroxyl groups is 1. The number of imidazole rings is 1. The van der Waals surface area contributed by atoms with E-state index in [4.69, 9.17) is 9.72 Å². The summed E-state index contributed by atoms with van der Waals surface area (Å²) in [4.78, 5) is 26.9. The molecule has 0 radical (unpaired) electrons. The van der Waals surface area contributed by atoms with E-state index in [-0.39, 0.29) is 36.7 Å². The number of aliphatic hydroxyl groups excluding tert-OH is 1. The Balaban J connectivity index is 1.16. The van der Waals surface area contributed by atoms with Crippen LogP contribution in [0, 0.1) is 5.21 Å². The molecule has 10 nitrogen and oxygen atoms in total. The van der Waals surface area contributed by atoms with Crippen molar-refractivity contribution in [3.05, 3.63) is 75.1 Å². The summed E-state index contributed by atoms with van der Waals surface area (Å²) in [5, 5.41) is 26.3. The van der Waals surface area contributed by atoms with E-state index in [2.05, 4.69) is 34.4 Å². The number of hydrogen-bond acceptors (Lipinski definition) is 8. The lowest BCUT2D eigenvalue weighted by Gasteiger charge is -2.34. The minimum absolute atomic E-state index is 0.0121. The second-order valence-electron chi connectivity index (χ2n) is 11.2. The number of nitrogens with zero attached hydrogens (tertiary/aromatic N) is 3. The molecule has 2 aromatic rings. The highest BCUT2D eigenvalue weighted by Gasteiger charge is 2.34. The summed E-state index contributed by atoms with van der Waals surface area (Å²) < 4.78 is 5.90. The summed E-state index contributed by atoms with van der Waals surface area (Å²) >= 11 is 1.64. The summed E-state index contributed by atoms with van der Waals surface area (Å²) in [5.74, 6) is 1.50. The van der Waals surface area contributed by atoms with Gasteiger partial charge in [-0.3, -0.25) is 4.79 Å². The Morgan fingerprint density at radius 2 is 2.10 bits per heavy atom. The van der Waals surface area contributed by atoms with Crippen LogP contribution in [0.1, 0.15) is 47.4 Å². The van der Waals surface area contributed by atoms with E-state index in [1.54, 1.807) is 24.0 Å². The molecule has 218 valence electrons. The Hall–Kier alpha value is -3.09. The number of H-pyrrole nitrogens is 1. The minimum atomic E-state index is -0.738. The molecule has 4 heterocycles. The molecule has 41 heavy (non-hydrogen) atoms. The molecule has 6 rings (SSSR count). The molecule has 0 bridgehead atoms. The molecule has 11 heteroatoms. The number of ether oxygens (including phenoxy) is 1. The number of benzene rings is 1. The fourth-order valence-electron chi connectivity index (χ4n) is 5.98. The van der Waals surface area contributed by atoms with Crippen LogP contribution in [0.2, 0.25) is 0 Å². The van der Waals surface area contributed by atoms with Crippen LogP contribution in [-0.4, -0.2) is 89.0 Å². The highest BCUT2D eigenvalue weighted by atomic mass is 32.2. The topological polar surface area (TPSA) is 121 Å². The van der Waals surface area contributed by atoms with E-state index < -0.39 is 6.10 Å². The molecule has 0 saturated carbocycles. The van der Waals surface area contributed by atoms with E-state index in [9.17, 15) is 15.1 Å². The first-order chi connectivity index (χ1) is 19.9. The van der Waals surface area contributed by atoms with Gasteiger partial charge >= 0.3 is 0 Å². The molecule has 1 fully saturated rings. The Morgan fingerprint density at radius 1 is 1.29 bits per heavy atom. The van der Waals surface area contributed by atoms with Gasteiger partial charge in [-0.2, -0.15) is 0 Å². The summed E-state index contributed by atoms with van der Waals surface area (Å²) in [5.41, 5.74) is 4.76. The van der Waals surface area contributed by atoms with E-state index in [0.717, 1.165) is 77.4 Å². The van der Waals surface area contributed by atoms with E-state index >= 15 is 0 Å². The van der Waals surface area contributed by atoms with Gasteiger partial charge in [0.25, 0.3) is 5.91 Å². The number of fused-ring (bicyclic) bond motifs is 2. The van der Waals surface area contributed by atoms with Crippen LogP contribution in [-0.2, 0) is 11.3 Å². The van der Waals surface area contributed by atoms with Crippen LogP contribution in [0.25, 0.3) is 16.6 Å². The molecular weight excluding hydrogens is 540 g/mol. The monoisotopic (exact) mass is 578 g/mol. The van der Waals surface area contributed by atoms with Gasteiger partial charge in [0.15, 0.2) is 0 Å². The number of quaternary nitrogens is 1. The maximum atomic E-state index is 13.3. The Kier molecular flexibility index (Phi) is 8.23. The van der Waals surface area contributed by atoms with Crippen LogP contribution in [0.5, 0.6) is 0 Å². The normalized spacial score (nSPS) is 22.7. The standard InChI is InChI=1S/C30H38N6O4S/c1-34-10-7-20(8-11-34)36-16-19-13-25-26(14-22(19)30(36)38)33-29(32-25)23-17-35(39)12-9-24(23)31-15-21(37)18-40-27-5-3-4-6-28(27)41-2/h5-6,9,12-14,20-21,31,35,37H,3-4,7-8,10-11,15-18H2,1-2H3,(H,32,33)/t21-/m1/s1. The van der Waals surface area contributed by atoms with Crippen LogP contribution < -0.4 is 10.4 Å². The van der Waals surface area contributed by atoms with Crippen molar-refractivity contribution in [1.29, 1.82) is 0 Å². The second-order valence-corrected chi connectivity index (χ2v) is 12.1. The summed E-state index contributed by atoms with van der Waals surface area (Å²) in [7, 11) is 2.13. The minimum Gasteiger partial charge on any atom is -0.629 e. The third kappa shape index (κ3) is 5.96. The van der Waals surface area contributed by atoms with Crippen molar-refractivity contribution in [3.8, 4) is 0 Å². The summed E-state index contributed by atoms with van der Waals surface area (Å²) in [6, 6.07) is 4.19. The number of rotatable bonds is 9. The first kappa shape index (κ1) is 28.0. The van der Waals surface area contributed by atoms with Gasteiger partial charge in [0.05, 0.1) is 28.5 Å². The van der Waals surface area contributed by atoms with Crippen LogP contribution in [0.4, 0.5) is 0 Å². The number of hydrogen-bond donors (Lipinski definition) is 4. The molecule has 0 spiro atoms. The molecule has 1 unspecified atom stereocenters. The van der Waals surface area contributed by atoms with Crippen molar-refractivity contribution in [3.63, 3.8) is 0 Å². The molecule has 4 aliphatic rings. The van der Waals surface area contributed by atoms with Gasteiger partial charge < -0.3 is 40.2 Å². The predicted octanol–water partition coefficient (Wildman–Crippen LogP) is 2.13.